The van der Waals surface area contributed by atoms with Crippen molar-refractivity contribution < 1.29 is 0 Å². The number of fused-ring (bicyclic) bond motifs is 1. The molecule has 2 N–H and O–H groups in total. The third-order valence-corrected chi connectivity index (χ3v) is 4.45. The predicted octanol–water partition coefficient (Wildman–Crippen LogP) is 3.04. The summed E-state index contributed by atoms with van der Waals surface area (Å²) in [4.78, 5) is 11.6. The van der Waals surface area contributed by atoms with E-state index in [0.717, 1.165) is 38.6 Å². The Balaban J connectivity index is 1.90. The van der Waals surface area contributed by atoms with E-state index in [2.05, 4.69) is 20.2 Å². The van der Waals surface area contributed by atoms with Crippen molar-refractivity contribution in [3.63, 3.8) is 0 Å². The topological polar surface area (TPSA) is 82.5 Å². The third kappa shape index (κ3) is 2.44. The maximum atomic E-state index is 5.96. The Morgan fingerprint density at radius 1 is 1.04 bits per heavy atom. The fourth-order valence-corrected chi connectivity index (χ4v) is 3.38. The molecule has 0 unspecified atom stereocenters. The summed E-state index contributed by atoms with van der Waals surface area (Å²) in [5.41, 5.74) is 11.3. The molecule has 0 radical (unpaired) electrons. The van der Waals surface area contributed by atoms with Crippen LogP contribution in [0, 0.1) is 6.92 Å². The van der Waals surface area contributed by atoms with Gasteiger partial charge >= 0.3 is 0 Å². The van der Waals surface area contributed by atoms with Crippen LogP contribution in [0.3, 0.4) is 0 Å². The molecule has 7 heteroatoms. The molecule has 0 aliphatic carbocycles. The molecule has 6 nitrogen and oxygen atoms in total. The molecule has 4 rings (SSSR count). The predicted molar refractivity (Wildman–Crippen MR) is 92.0 cm³/mol. The van der Waals surface area contributed by atoms with Gasteiger partial charge in [-0.15, -0.1) is 0 Å². The highest BCUT2D eigenvalue weighted by Crippen LogP contribution is 2.38. The van der Waals surface area contributed by atoms with Gasteiger partial charge in [-0.05, 0) is 36.8 Å². The lowest BCUT2D eigenvalue weighted by Crippen LogP contribution is -1.90. The van der Waals surface area contributed by atoms with Crippen LogP contribution in [0.15, 0.2) is 36.4 Å². The highest BCUT2D eigenvalue weighted by Gasteiger charge is 2.16. The lowest BCUT2D eigenvalue weighted by atomic mass is 10.1. The molecule has 23 heavy (non-hydrogen) atoms. The molecular weight excluding hydrogens is 308 g/mol. The Morgan fingerprint density at radius 3 is 2.70 bits per heavy atom. The molecule has 3 aromatic heterocycles. The minimum absolute atomic E-state index is 0.526. The van der Waals surface area contributed by atoms with Crippen molar-refractivity contribution in [3.8, 4) is 21.8 Å². The van der Waals surface area contributed by atoms with Gasteiger partial charge in [0.1, 0.15) is 16.7 Å². The zero-order valence-corrected chi connectivity index (χ0v) is 13.5. The number of hydrogen-bond donors (Lipinski definition) is 1. The van der Waals surface area contributed by atoms with Crippen LogP contribution in [0.25, 0.3) is 32.9 Å². The first-order valence-corrected chi connectivity index (χ1v) is 7.93. The number of anilines is 1. The Bertz CT molecular complexity index is 1020. The van der Waals surface area contributed by atoms with Crippen molar-refractivity contribution in [2.75, 3.05) is 5.73 Å². The average molecular weight is 322 g/mol. The van der Waals surface area contributed by atoms with Gasteiger partial charge in [-0.3, -0.25) is 4.98 Å². The van der Waals surface area contributed by atoms with Crippen LogP contribution >= 0.6 is 11.3 Å². The fraction of sp³-hybridized carbons (Fsp3) is 0.125. The number of hydrogen-bond acceptors (Lipinski definition) is 6. The summed E-state index contributed by atoms with van der Waals surface area (Å²) in [6.07, 6.45) is 0. The van der Waals surface area contributed by atoms with Crippen molar-refractivity contribution in [1.29, 1.82) is 0 Å². The maximum Gasteiger partial charge on any atom is 0.181 e. The number of pyridine rings is 1. The van der Waals surface area contributed by atoms with E-state index in [4.69, 9.17) is 5.73 Å². The quantitative estimate of drug-likeness (QED) is 0.613. The Kier molecular flexibility index (Phi) is 3.09. The van der Waals surface area contributed by atoms with E-state index in [1.807, 2.05) is 50.4 Å². The summed E-state index contributed by atoms with van der Waals surface area (Å²) in [5.74, 6) is 0. The second kappa shape index (κ2) is 5.13. The van der Waals surface area contributed by atoms with Crippen molar-refractivity contribution >= 4 is 27.5 Å². The van der Waals surface area contributed by atoms with Crippen LogP contribution in [0.4, 0.5) is 5.13 Å². The van der Waals surface area contributed by atoms with E-state index in [9.17, 15) is 0 Å². The number of benzene rings is 1. The molecule has 4 aromatic rings. The number of aromatic nitrogens is 5. The maximum absolute atomic E-state index is 5.96. The minimum Gasteiger partial charge on any atom is -0.375 e. The van der Waals surface area contributed by atoms with Crippen molar-refractivity contribution in [3.05, 3.63) is 42.1 Å². The number of thiazole rings is 1. The number of nitrogens with two attached hydrogens (primary N) is 1. The van der Waals surface area contributed by atoms with Crippen LogP contribution in [0.5, 0.6) is 0 Å². The number of aryl methyl sites for hydroxylation is 2. The molecule has 0 atom stereocenters. The van der Waals surface area contributed by atoms with Crippen LogP contribution in [0.1, 0.15) is 5.69 Å². The van der Waals surface area contributed by atoms with E-state index < -0.39 is 0 Å². The van der Waals surface area contributed by atoms with E-state index in [0.29, 0.717) is 5.13 Å². The molecule has 0 saturated heterocycles. The molecule has 3 heterocycles. The van der Waals surface area contributed by atoms with Crippen molar-refractivity contribution in [2.45, 2.75) is 6.92 Å². The highest BCUT2D eigenvalue weighted by molar-refractivity contribution is 7.19. The molecule has 0 bridgehead atoms. The van der Waals surface area contributed by atoms with Gasteiger partial charge in [0.25, 0.3) is 0 Å². The molecule has 1 aromatic carbocycles. The molecule has 0 amide bonds. The zero-order chi connectivity index (χ0) is 16.0. The second-order valence-corrected chi connectivity index (χ2v) is 6.32. The normalized spacial score (nSPS) is 11.2. The Morgan fingerprint density at radius 2 is 1.87 bits per heavy atom. The molecule has 0 spiro atoms. The second-order valence-electron chi connectivity index (χ2n) is 5.29. The Labute approximate surface area is 136 Å². The van der Waals surface area contributed by atoms with Gasteiger partial charge in [-0.1, -0.05) is 23.5 Å². The summed E-state index contributed by atoms with van der Waals surface area (Å²) < 4.78 is 0. The standard InChI is InChI=1S/C16H14N6S/c1-9-4-3-5-12(18-9)14-15(23-16(17)19-14)10-6-7-11-13(8-10)21-22(2)20-11/h3-8H,1-2H3,(H2,17,19). The van der Waals surface area contributed by atoms with Crippen LogP contribution in [-0.4, -0.2) is 25.0 Å². The number of nitrogen functional groups attached to an aromatic ring is 1. The van der Waals surface area contributed by atoms with Gasteiger partial charge < -0.3 is 5.73 Å². The van der Waals surface area contributed by atoms with Gasteiger partial charge in [0.2, 0.25) is 0 Å². The third-order valence-electron chi connectivity index (χ3n) is 3.52. The fourth-order valence-electron chi connectivity index (χ4n) is 2.54. The summed E-state index contributed by atoms with van der Waals surface area (Å²) in [6.45, 7) is 1.96. The first-order valence-electron chi connectivity index (χ1n) is 7.12. The Hall–Kier alpha value is -2.80. The van der Waals surface area contributed by atoms with E-state index in [-0.39, 0.29) is 0 Å². The van der Waals surface area contributed by atoms with Gasteiger partial charge in [0.15, 0.2) is 5.13 Å². The van der Waals surface area contributed by atoms with Crippen LogP contribution < -0.4 is 5.73 Å². The highest BCUT2D eigenvalue weighted by atomic mass is 32.1. The number of rotatable bonds is 2. The molecule has 0 saturated carbocycles. The first kappa shape index (κ1) is 13.8. The molecular formula is C16H14N6S. The van der Waals surface area contributed by atoms with Crippen molar-refractivity contribution in [2.24, 2.45) is 7.05 Å². The number of nitrogens with zero attached hydrogens (tertiary/aromatic N) is 5. The molecule has 0 aliphatic rings. The summed E-state index contributed by atoms with van der Waals surface area (Å²) in [6, 6.07) is 11.9. The lowest BCUT2D eigenvalue weighted by molar-refractivity contribution is 0.665. The van der Waals surface area contributed by atoms with E-state index in [1.54, 1.807) is 4.80 Å². The van der Waals surface area contributed by atoms with Gasteiger partial charge in [-0.2, -0.15) is 15.0 Å². The smallest absolute Gasteiger partial charge is 0.181 e. The summed E-state index contributed by atoms with van der Waals surface area (Å²) >= 11 is 1.46. The van der Waals surface area contributed by atoms with E-state index >= 15 is 0 Å². The van der Waals surface area contributed by atoms with Gasteiger partial charge in [0.05, 0.1) is 10.6 Å². The monoisotopic (exact) mass is 322 g/mol. The first-order chi connectivity index (χ1) is 11.1. The lowest BCUT2D eigenvalue weighted by Gasteiger charge is -2.03. The van der Waals surface area contributed by atoms with Gasteiger partial charge in [-0.25, -0.2) is 4.98 Å². The molecule has 0 aliphatic heterocycles. The average Bonchev–Trinajstić information content (AvgIpc) is 3.08. The molecule has 114 valence electrons. The van der Waals surface area contributed by atoms with Gasteiger partial charge in [0, 0.05) is 12.7 Å². The SMILES string of the molecule is Cc1cccc(-c2nc(N)sc2-c2ccc3nn(C)nc3c2)n1. The minimum atomic E-state index is 0.526. The van der Waals surface area contributed by atoms with E-state index in [1.165, 1.54) is 11.3 Å². The van der Waals surface area contributed by atoms with Crippen LogP contribution in [-0.2, 0) is 7.05 Å². The largest absolute Gasteiger partial charge is 0.375 e. The molecule has 0 fully saturated rings. The zero-order valence-electron chi connectivity index (χ0n) is 12.7. The summed E-state index contributed by atoms with van der Waals surface area (Å²) in [7, 11) is 1.81. The van der Waals surface area contributed by atoms with Crippen molar-refractivity contribution in [1.82, 2.24) is 25.0 Å². The summed E-state index contributed by atoms with van der Waals surface area (Å²) in [5, 5.41) is 9.19. The van der Waals surface area contributed by atoms with Crippen LogP contribution in [0.2, 0.25) is 0 Å².